The second-order valence-electron chi connectivity index (χ2n) is 4.15. The molecule has 0 unspecified atom stereocenters. The number of hydrogen-bond acceptors (Lipinski definition) is 4. The van der Waals surface area contributed by atoms with Crippen LogP contribution >= 0.6 is 0 Å². The SMILES string of the molecule is NC(=O)c1ccc(NC(=O)CNC(=O)c2ccco2)cc1. The molecule has 7 nitrogen and oxygen atoms in total. The van der Waals surface area contributed by atoms with Gasteiger partial charge in [0.15, 0.2) is 5.76 Å². The topological polar surface area (TPSA) is 114 Å². The zero-order valence-corrected chi connectivity index (χ0v) is 11.0. The van der Waals surface area contributed by atoms with E-state index in [0.29, 0.717) is 11.3 Å². The lowest BCUT2D eigenvalue weighted by Gasteiger charge is -2.06. The summed E-state index contributed by atoms with van der Waals surface area (Å²) in [5.41, 5.74) is 5.95. The first-order valence-electron chi connectivity index (χ1n) is 6.07. The monoisotopic (exact) mass is 287 g/mol. The number of carbonyl (C=O) groups is 3. The molecule has 0 aliphatic rings. The first-order chi connectivity index (χ1) is 10.1. The van der Waals surface area contributed by atoms with Gasteiger partial charge in [-0.3, -0.25) is 14.4 Å². The molecule has 0 aliphatic carbocycles. The Hall–Kier alpha value is -3.09. The highest BCUT2D eigenvalue weighted by atomic mass is 16.3. The number of furan rings is 1. The van der Waals surface area contributed by atoms with E-state index in [9.17, 15) is 14.4 Å². The number of carbonyl (C=O) groups excluding carboxylic acids is 3. The third-order valence-corrected chi connectivity index (χ3v) is 2.61. The van der Waals surface area contributed by atoms with Crippen LogP contribution in [0.2, 0.25) is 0 Å². The standard InChI is InChI=1S/C14H13N3O4/c15-13(19)9-3-5-10(6-4-9)17-12(18)8-16-14(20)11-2-1-7-21-11/h1-7H,8H2,(H2,15,19)(H,16,20)(H,17,18). The van der Waals surface area contributed by atoms with Gasteiger partial charge in [0.2, 0.25) is 11.8 Å². The molecule has 2 rings (SSSR count). The summed E-state index contributed by atoms with van der Waals surface area (Å²) in [5.74, 6) is -1.28. The second kappa shape index (κ2) is 6.38. The molecular weight excluding hydrogens is 274 g/mol. The normalized spacial score (nSPS) is 9.90. The van der Waals surface area contributed by atoms with E-state index in [1.807, 2.05) is 0 Å². The summed E-state index contributed by atoms with van der Waals surface area (Å²) in [6, 6.07) is 9.17. The van der Waals surface area contributed by atoms with Gasteiger partial charge in [0.05, 0.1) is 12.8 Å². The van der Waals surface area contributed by atoms with Gasteiger partial charge < -0.3 is 20.8 Å². The van der Waals surface area contributed by atoms with E-state index >= 15 is 0 Å². The molecule has 1 aromatic carbocycles. The van der Waals surface area contributed by atoms with Gasteiger partial charge in [-0.2, -0.15) is 0 Å². The van der Waals surface area contributed by atoms with Crippen molar-refractivity contribution in [2.24, 2.45) is 5.73 Å². The fourth-order valence-electron chi connectivity index (χ4n) is 1.58. The van der Waals surface area contributed by atoms with Gasteiger partial charge in [0, 0.05) is 11.3 Å². The van der Waals surface area contributed by atoms with E-state index in [-0.39, 0.29) is 12.3 Å². The van der Waals surface area contributed by atoms with Crippen molar-refractivity contribution < 1.29 is 18.8 Å². The fraction of sp³-hybridized carbons (Fsp3) is 0.0714. The van der Waals surface area contributed by atoms with Crippen molar-refractivity contribution in [1.82, 2.24) is 5.32 Å². The second-order valence-corrected chi connectivity index (χ2v) is 4.15. The van der Waals surface area contributed by atoms with Crippen LogP contribution in [0.1, 0.15) is 20.9 Å². The molecule has 0 aliphatic heterocycles. The Kier molecular flexibility index (Phi) is 4.35. The van der Waals surface area contributed by atoms with Crippen LogP contribution in [0.3, 0.4) is 0 Å². The molecule has 0 fully saturated rings. The van der Waals surface area contributed by atoms with Crippen LogP contribution in [-0.4, -0.2) is 24.3 Å². The average Bonchev–Trinajstić information content (AvgIpc) is 2.99. The third-order valence-electron chi connectivity index (χ3n) is 2.61. The molecule has 0 spiro atoms. The van der Waals surface area contributed by atoms with Crippen molar-refractivity contribution in [3.8, 4) is 0 Å². The average molecular weight is 287 g/mol. The van der Waals surface area contributed by atoms with Gasteiger partial charge in [-0.15, -0.1) is 0 Å². The number of benzene rings is 1. The predicted octanol–water partition coefficient (Wildman–Crippen LogP) is 0.747. The van der Waals surface area contributed by atoms with Crippen LogP contribution in [-0.2, 0) is 4.79 Å². The number of rotatable bonds is 5. The van der Waals surface area contributed by atoms with Crippen LogP contribution in [0.5, 0.6) is 0 Å². The van der Waals surface area contributed by atoms with Crippen LogP contribution in [0.15, 0.2) is 47.1 Å². The maximum atomic E-state index is 11.7. The molecule has 1 aromatic heterocycles. The molecule has 108 valence electrons. The number of nitrogens with two attached hydrogens (primary N) is 1. The Balaban J connectivity index is 1.84. The van der Waals surface area contributed by atoms with Crippen molar-refractivity contribution >= 4 is 23.4 Å². The summed E-state index contributed by atoms with van der Waals surface area (Å²) >= 11 is 0. The van der Waals surface area contributed by atoms with E-state index in [0.717, 1.165) is 0 Å². The molecule has 7 heteroatoms. The lowest BCUT2D eigenvalue weighted by molar-refractivity contribution is -0.115. The Morgan fingerprint density at radius 3 is 2.38 bits per heavy atom. The van der Waals surface area contributed by atoms with E-state index in [1.165, 1.54) is 24.5 Å². The predicted molar refractivity (Wildman–Crippen MR) is 74.6 cm³/mol. The number of amides is 3. The van der Waals surface area contributed by atoms with Gasteiger partial charge in [0.1, 0.15) is 0 Å². The zero-order valence-electron chi connectivity index (χ0n) is 11.0. The zero-order chi connectivity index (χ0) is 15.2. The summed E-state index contributed by atoms with van der Waals surface area (Å²) in [5, 5.41) is 4.99. The van der Waals surface area contributed by atoms with Crippen LogP contribution in [0, 0.1) is 0 Å². The minimum atomic E-state index is -0.543. The molecule has 0 saturated carbocycles. The molecule has 0 bridgehead atoms. The first kappa shape index (κ1) is 14.3. The fourth-order valence-corrected chi connectivity index (χ4v) is 1.58. The summed E-state index contributed by atoms with van der Waals surface area (Å²) < 4.78 is 4.89. The summed E-state index contributed by atoms with van der Waals surface area (Å²) in [6.07, 6.45) is 1.37. The largest absolute Gasteiger partial charge is 0.459 e. The molecular formula is C14H13N3O4. The minimum absolute atomic E-state index is 0.133. The van der Waals surface area contributed by atoms with E-state index in [1.54, 1.807) is 18.2 Å². The summed E-state index contributed by atoms with van der Waals surface area (Å²) in [7, 11) is 0. The minimum Gasteiger partial charge on any atom is -0.459 e. The highest BCUT2D eigenvalue weighted by Gasteiger charge is 2.10. The Morgan fingerprint density at radius 2 is 1.81 bits per heavy atom. The summed E-state index contributed by atoms with van der Waals surface area (Å²) in [4.78, 5) is 34.1. The third kappa shape index (κ3) is 3.93. The Morgan fingerprint density at radius 1 is 1.10 bits per heavy atom. The van der Waals surface area contributed by atoms with Gasteiger partial charge in [-0.25, -0.2) is 0 Å². The molecule has 1 heterocycles. The number of primary amides is 1. The van der Waals surface area contributed by atoms with E-state index in [2.05, 4.69) is 10.6 Å². The molecule has 2 aromatic rings. The van der Waals surface area contributed by atoms with Crippen LogP contribution < -0.4 is 16.4 Å². The van der Waals surface area contributed by atoms with Crippen molar-refractivity contribution in [2.45, 2.75) is 0 Å². The van der Waals surface area contributed by atoms with Crippen LogP contribution in [0.4, 0.5) is 5.69 Å². The Bertz CT molecular complexity index is 647. The molecule has 0 saturated heterocycles. The molecule has 0 radical (unpaired) electrons. The van der Waals surface area contributed by atoms with Crippen molar-refractivity contribution in [3.05, 3.63) is 54.0 Å². The smallest absolute Gasteiger partial charge is 0.287 e. The highest BCUT2D eigenvalue weighted by molar-refractivity contribution is 5.98. The number of hydrogen-bond donors (Lipinski definition) is 3. The molecule has 3 amide bonds. The molecule has 0 atom stereocenters. The highest BCUT2D eigenvalue weighted by Crippen LogP contribution is 2.08. The Labute approximate surface area is 120 Å². The van der Waals surface area contributed by atoms with Crippen molar-refractivity contribution in [1.29, 1.82) is 0 Å². The molecule has 21 heavy (non-hydrogen) atoms. The van der Waals surface area contributed by atoms with Crippen molar-refractivity contribution in [3.63, 3.8) is 0 Å². The lowest BCUT2D eigenvalue weighted by Crippen LogP contribution is -2.32. The van der Waals surface area contributed by atoms with E-state index in [4.69, 9.17) is 10.2 Å². The quantitative estimate of drug-likeness (QED) is 0.752. The van der Waals surface area contributed by atoms with Gasteiger partial charge in [-0.1, -0.05) is 0 Å². The van der Waals surface area contributed by atoms with Crippen LogP contribution in [0.25, 0.3) is 0 Å². The van der Waals surface area contributed by atoms with Gasteiger partial charge >= 0.3 is 0 Å². The van der Waals surface area contributed by atoms with Crippen molar-refractivity contribution in [2.75, 3.05) is 11.9 Å². The summed E-state index contributed by atoms with van der Waals surface area (Å²) in [6.45, 7) is -0.197. The van der Waals surface area contributed by atoms with Gasteiger partial charge in [-0.05, 0) is 36.4 Å². The van der Waals surface area contributed by atoms with E-state index < -0.39 is 17.7 Å². The lowest BCUT2D eigenvalue weighted by atomic mass is 10.2. The molecule has 4 N–H and O–H groups in total. The first-order valence-corrected chi connectivity index (χ1v) is 6.07. The number of nitrogens with one attached hydrogen (secondary N) is 2. The van der Waals surface area contributed by atoms with Gasteiger partial charge in [0.25, 0.3) is 5.91 Å². The maximum Gasteiger partial charge on any atom is 0.287 e. The number of anilines is 1. The maximum absolute atomic E-state index is 11.7.